The maximum absolute atomic E-state index is 11.2. The zero-order chi connectivity index (χ0) is 20.2. The second-order valence-corrected chi connectivity index (χ2v) is 12.7. The molecule has 1 unspecified atom stereocenters. The van der Waals surface area contributed by atoms with Gasteiger partial charge in [-0.2, -0.15) is 0 Å². The van der Waals surface area contributed by atoms with Crippen molar-refractivity contribution in [2.24, 2.45) is 0 Å². The van der Waals surface area contributed by atoms with Gasteiger partial charge in [-0.1, -0.05) is 81.4 Å². The van der Waals surface area contributed by atoms with Gasteiger partial charge >= 0.3 is 5.97 Å². The summed E-state index contributed by atoms with van der Waals surface area (Å²) in [5.74, 6) is -0.307. The van der Waals surface area contributed by atoms with Crippen LogP contribution >= 0.6 is 0 Å². The molecule has 1 fully saturated rings. The molecular formula is C23H30O4Si. The third-order valence-corrected chi connectivity index (χ3v) is 10.3. The second kappa shape index (κ2) is 8.60. The molecular weight excluding hydrogens is 368 g/mol. The van der Waals surface area contributed by atoms with Gasteiger partial charge in [0.1, 0.15) is 0 Å². The molecule has 0 saturated carbocycles. The maximum Gasteiger partial charge on any atom is 0.304 e. The van der Waals surface area contributed by atoms with E-state index in [2.05, 4.69) is 69.3 Å². The zero-order valence-corrected chi connectivity index (χ0v) is 18.2. The molecule has 0 spiro atoms. The van der Waals surface area contributed by atoms with Crippen molar-refractivity contribution in [2.75, 3.05) is 6.61 Å². The number of benzene rings is 2. The van der Waals surface area contributed by atoms with Gasteiger partial charge in [0, 0.05) is 13.3 Å². The van der Waals surface area contributed by atoms with Gasteiger partial charge in [0.2, 0.25) is 6.29 Å². The molecule has 2 aromatic rings. The fourth-order valence-corrected chi connectivity index (χ4v) is 8.64. The molecule has 1 aliphatic heterocycles. The van der Waals surface area contributed by atoms with Gasteiger partial charge in [-0.25, -0.2) is 0 Å². The van der Waals surface area contributed by atoms with Crippen molar-refractivity contribution in [3.63, 3.8) is 0 Å². The van der Waals surface area contributed by atoms with E-state index in [0.717, 1.165) is 6.42 Å². The molecule has 0 radical (unpaired) electrons. The smallest absolute Gasteiger partial charge is 0.304 e. The van der Waals surface area contributed by atoms with E-state index in [9.17, 15) is 4.79 Å². The molecule has 28 heavy (non-hydrogen) atoms. The van der Waals surface area contributed by atoms with Gasteiger partial charge in [-0.05, 0) is 21.8 Å². The molecule has 1 heterocycles. The first-order chi connectivity index (χ1) is 13.3. The summed E-state index contributed by atoms with van der Waals surface area (Å²) in [5.41, 5.74) is 0. The number of hydrogen-bond acceptors (Lipinski definition) is 4. The lowest BCUT2D eigenvalue weighted by Crippen LogP contribution is -2.67. The molecule has 0 N–H and O–H groups in total. The molecule has 1 saturated heterocycles. The lowest BCUT2D eigenvalue weighted by Gasteiger charge is -2.43. The van der Waals surface area contributed by atoms with E-state index < -0.39 is 14.6 Å². The highest BCUT2D eigenvalue weighted by Gasteiger charge is 2.50. The summed E-state index contributed by atoms with van der Waals surface area (Å²) in [4.78, 5) is 11.2. The van der Waals surface area contributed by atoms with E-state index in [1.165, 1.54) is 17.3 Å². The second-order valence-electron chi connectivity index (χ2n) is 8.35. The summed E-state index contributed by atoms with van der Waals surface area (Å²) in [6, 6.07) is 21.1. The van der Waals surface area contributed by atoms with E-state index in [0.29, 0.717) is 13.0 Å². The summed E-state index contributed by atoms with van der Waals surface area (Å²) in [7, 11) is -2.56. The van der Waals surface area contributed by atoms with Gasteiger partial charge in [-0.15, -0.1) is 0 Å². The minimum atomic E-state index is -2.56. The molecule has 1 aliphatic rings. The van der Waals surface area contributed by atoms with E-state index in [-0.39, 0.29) is 17.1 Å². The topological polar surface area (TPSA) is 44.8 Å². The Kier molecular flexibility index (Phi) is 6.38. The first-order valence-electron chi connectivity index (χ1n) is 9.90. The van der Waals surface area contributed by atoms with Crippen molar-refractivity contribution in [3.05, 3.63) is 60.7 Å². The van der Waals surface area contributed by atoms with Crippen molar-refractivity contribution in [1.82, 2.24) is 0 Å². The Morgan fingerprint density at radius 2 is 1.54 bits per heavy atom. The molecule has 4 nitrogen and oxygen atoms in total. The largest absolute Gasteiger partial charge is 0.436 e. The molecule has 0 aromatic heterocycles. The zero-order valence-electron chi connectivity index (χ0n) is 17.2. The van der Waals surface area contributed by atoms with Gasteiger partial charge in [0.25, 0.3) is 8.32 Å². The third-order valence-electron chi connectivity index (χ3n) is 5.27. The molecule has 3 rings (SSSR count). The molecule has 150 valence electrons. The number of carbonyl (C=O) groups is 1. The predicted molar refractivity (Wildman–Crippen MR) is 113 cm³/mol. The normalized spacial score (nSPS) is 20.1. The fourth-order valence-electron chi connectivity index (χ4n) is 4.05. The Morgan fingerprint density at radius 3 is 2.00 bits per heavy atom. The van der Waals surface area contributed by atoms with Crippen LogP contribution < -0.4 is 10.4 Å². The minimum absolute atomic E-state index is 0.0639. The van der Waals surface area contributed by atoms with Gasteiger partial charge in [0.05, 0.1) is 12.7 Å². The van der Waals surface area contributed by atoms with Gasteiger partial charge in [-0.3, -0.25) is 4.79 Å². The molecule has 2 atom stereocenters. The molecule has 0 amide bonds. The van der Waals surface area contributed by atoms with E-state index >= 15 is 0 Å². The van der Waals surface area contributed by atoms with Crippen molar-refractivity contribution in [2.45, 2.75) is 58.0 Å². The van der Waals surface area contributed by atoms with Crippen molar-refractivity contribution < 1.29 is 18.7 Å². The average Bonchev–Trinajstić information content (AvgIpc) is 3.09. The van der Waals surface area contributed by atoms with Crippen LogP contribution in [0.1, 0.15) is 40.5 Å². The van der Waals surface area contributed by atoms with Crippen LogP contribution in [0.3, 0.4) is 0 Å². The van der Waals surface area contributed by atoms with Crippen LogP contribution in [0.4, 0.5) is 0 Å². The molecule has 5 heteroatoms. The molecule has 0 bridgehead atoms. The Hall–Kier alpha value is -1.95. The summed E-state index contributed by atoms with van der Waals surface area (Å²) >= 11 is 0. The van der Waals surface area contributed by atoms with Crippen LogP contribution in [0.15, 0.2) is 60.7 Å². The van der Waals surface area contributed by atoms with Crippen LogP contribution in [0, 0.1) is 0 Å². The minimum Gasteiger partial charge on any atom is -0.436 e. The van der Waals surface area contributed by atoms with Crippen molar-refractivity contribution >= 4 is 24.7 Å². The maximum atomic E-state index is 11.2. The van der Waals surface area contributed by atoms with Crippen LogP contribution in [0.25, 0.3) is 0 Å². The Labute approximate surface area is 169 Å². The van der Waals surface area contributed by atoms with Crippen molar-refractivity contribution in [1.29, 1.82) is 0 Å². The number of rotatable bonds is 6. The lowest BCUT2D eigenvalue weighted by atomic mass is 10.2. The quantitative estimate of drug-likeness (QED) is 0.551. The van der Waals surface area contributed by atoms with Crippen LogP contribution in [-0.4, -0.2) is 33.3 Å². The standard InChI is InChI=1S/C23H30O4Si/c1-18(24)26-22-16-15-19(27-22)17-25-28(23(2,3)4,20-11-7-5-8-12-20)21-13-9-6-10-14-21/h5-14,19,22H,15-17H2,1-4H3/t19-,22?/m0/s1. The summed E-state index contributed by atoms with van der Waals surface area (Å²) in [6.07, 6.45) is 1.03. The van der Waals surface area contributed by atoms with Gasteiger partial charge in [0.15, 0.2) is 0 Å². The van der Waals surface area contributed by atoms with Crippen molar-refractivity contribution in [3.8, 4) is 0 Å². The first-order valence-corrected chi connectivity index (χ1v) is 11.8. The SMILES string of the molecule is CC(=O)OC1CC[C@@H](CO[Si](c2ccccc2)(c2ccccc2)C(C)(C)C)O1. The third kappa shape index (κ3) is 4.37. The first kappa shape index (κ1) is 20.8. The number of hydrogen-bond donors (Lipinski definition) is 0. The Balaban J connectivity index is 1.90. The predicted octanol–water partition coefficient (Wildman–Crippen LogP) is 3.63. The summed E-state index contributed by atoms with van der Waals surface area (Å²) < 4.78 is 18.0. The van der Waals surface area contributed by atoms with Gasteiger partial charge < -0.3 is 13.9 Å². The van der Waals surface area contributed by atoms with Crippen LogP contribution in [-0.2, 0) is 18.7 Å². The monoisotopic (exact) mass is 398 g/mol. The fraction of sp³-hybridized carbons (Fsp3) is 0.435. The van der Waals surface area contributed by atoms with E-state index in [4.69, 9.17) is 13.9 Å². The van der Waals surface area contributed by atoms with Crippen LogP contribution in [0.5, 0.6) is 0 Å². The highest BCUT2D eigenvalue weighted by Crippen LogP contribution is 2.37. The van der Waals surface area contributed by atoms with E-state index in [1.807, 2.05) is 12.1 Å². The average molecular weight is 399 g/mol. The van der Waals surface area contributed by atoms with Crippen LogP contribution in [0.2, 0.25) is 5.04 Å². The molecule has 0 aliphatic carbocycles. The number of carbonyl (C=O) groups excluding carboxylic acids is 1. The Bertz CT molecular complexity index is 731. The Morgan fingerprint density at radius 1 is 1.00 bits per heavy atom. The highest BCUT2D eigenvalue weighted by molar-refractivity contribution is 6.99. The lowest BCUT2D eigenvalue weighted by molar-refractivity contribution is -0.174. The number of esters is 1. The molecule has 2 aromatic carbocycles. The summed E-state index contributed by atoms with van der Waals surface area (Å²) in [5, 5.41) is 2.44. The highest BCUT2D eigenvalue weighted by atomic mass is 28.4. The number of ether oxygens (including phenoxy) is 2. The van der Waals surface area contributed by atoms with E-state index in [1.54, 1.807) is 0 Å². The summed E-state index contributed by atoms with van der Waals surface area (Å²) in [6.45, 7) is 8.68.